The molecule has 0 saturated carbocycles. The van der Waals surface area contributed by atoms with E-state index in [2.05, 4.69) is 15.1 Å². The smallest absolute Gasteiger partial charge is 0.229 e. The summed E-state index contributed by atoms with van der Waals surface area (Å²) in [5, 5.41) is 14.6. The Labute approximate surface area is 147 Å². The minimum Gasteiger partial charge on any atom is -0.388 e. The topological polar surface area (TPSA) is 92.4 Å². The van der Waals surface area contributed by atoms with Crippen molar-refractivity contribution in [1.29, 1.82) is 0 Å². The molecule has 7 nitrogen and oxygen atoms in total. The van der Waals surface area contributed by atoms with Crippen molar-refractivity contribution in [2.45, 2.75) is 51.6 Å². The Bertz CT molecular complexity index is 745. The van der Waals surface area contributed by atoms with Crippen molar-refractivity contribution in [3.05, 3.63) is 41.3 Å². The number of nitrogens with zero attached hydrogens (tertiary/aromatic N) is 4. The maximum Gasteiger partial charge on any atom is 0.229 e. The molecule has 1 aliphatic rings. The first-order valence-electron chi connectivity index (χ1n) is 8.63. The average molecular weight is 344 g/mol. The van der Waals surface area contributed by atoms with Crippen LogP contribution in [0.5, 0.6) is 0 Å². The van der Waals surface area contributed by atoms with E-state index in [0.29, 0.717) is 44.1 Å². The van der Waals surface area contributed by atoms with Crippen molar-refractivity contribution in [2.75, 3.05) is 13.1 Å². The third kappa shape index (κ3) is 4.63. The number of rotatable bonds is 5. The number of aryl methyl sites for hydroxylation is 3. The SMILES string of the molecule is Cc1cncc(CCC(=O)N2CCCC(O)(Cc3nc(C)no3)C2)c1. The van der Waals surface area contributed by atoms with Gasteiger partial charge in [-0.1, -0.05) is 11.2 Å². The Morgan fingerprint density at radius 3 is 2.96 bits per heavy atom. The number of carbonyl (C=O) groups is 1. The fourth-order valence-corrected chi connectivity index (χ4v) is 3.33. The van der Waals surface area contributed by atoms with Gasteiger partial charge in [-0.15, -0.1) is 0 Å². The zero-order valence-electron chi connectivity index (χ0n) is 14.7. The van der Waals surface area contributed by atoms with Gasteiger partial charge in [-0.3, -0.25) is 9.78 Å². The normalized spacial score (nSPS) is 20.7. The van der Waals surface area contributed by atoms with Gasteiger partial charge in [0.25, 0.3) is 0 Å². The molecule has 3 heterocycles. The lowest BCUT2D eigenvalue weighted by Gasteiger charge is -2.38. The second-order valence-corrected chi connectivity index (χ2v) is 6.93. The van der Waals surface area contributed by atoms with Crippen molar-refractivity contribution in [3.63, 3.8) is 0 Å². The predicted molar refractivity (Wildman–Crippen MR) is 90.8 cm³/mol. The summed E-state index contributed by atoms with van der Waals surface area (Å²) in [7, 11) is 0. The molecule has 1 aliphatic heterocycles. The van der Waals surface area contributed by atoms with Crippen LogP contribution in [0.25, 0.3) is 0 Å². The van der Waals surface area contributed by atoms with Crippen molar-refractivity contribution in [3.8, 4) is 0 Å². The van der Waals surface area contributed by atoms with Crippen LogP contribution in [0.3, 0.4) is 0 Å². The molecule has 0 radical (unpaired) electrons. The van der Waals surface area contributed by atoms with E-state index in [9.17, 15) is 9.90 Å². The number of piperidine rings is 1. The predicted octanol–water partition coefficient (Wildman–Crippen LogP) is 1.61. The molecule has 25 heavy (non-hydrogen) atoms. The minimum absolute atomic E-state index is 0.0568. The molecular formula is C18H24N4O3. The molecule has 134 valence electrons. The first-order valence-corrected chi connectivity index (χ1v) is 8.63. The van der Waals surface area contributed by atoms with Crippen LogP contribution in [0.15, 0.2) is 23.0 Å². The highest BCUT2D eigenvalue weighted by Gasteiger charge is 2.36. The molecule has 1 unspecified atom stereocenters. The van der Waals surface area contributed by atoms with E-state index < -0.39 is 5.60 Å². The lowest BCUT2D eigenvalue weighted by Crippen LogP contribution is -2.51. The molecular weight excluding hydrogens is 320 g/mol. The molecule has 1 saturated heterocycles. The van der Waals surface area contributed by atoms with Gasteiger partial charge in [-0.2, -0.15) is 4.98 Å². The van der Waals surface area contributed by atoms with Crippen LogP contribution in [0, 0.1) is 13.8 Å². The summed E-state index contributed by atoms with van der Waals surface area (Å²) in [5.74, 6) is 1.02. The van der Waals surface area contributed by atoms with Gasteiger partial charge in [0.15, 0.2) is 5.82 Å². The van der Waals surface area contributed by atoms with Crippen molar-refractivity contribution < 1.29 is 14.4 Å². The summed E-state index contributed by atoms with van der Waals surface area (Å²) in [5.41, 5.74) is 1.15. The number of β-amino-alcohol motifs (C(OH)–C–C–N with tert-alkyl or cyclic N) is 1. The largest absolute Gasteiger partial charge is 0.388 e. The molecule has 3 rings (SSSR count). The Kier molecular flexibility index (Phi) is 5.13. The van der Waals surface area contributed by atoms with Gasteiger partial charge in [-0.25, -0.2) is 0 Å². The lowest BCUT2D eigenvalue weighted by molar-refractivity contribution is -0.138. The van der Waals surface area contributed by atoms with E-state index in [1.165, 1.54) is 0 Å². The summed E-state index contributed by atoms with van der Waals surface area (Å²) < 4.78 is 5.11. The lowest BCUT2D eigenvalue weighted by atomic mass is 9.89. The second kappa shape index (κ2) is 7.31. The zero-order chi connectivity index (χ0) is 17.9. The molecule has 2 aromatic heterocycles. The number of carbonyl (C=O) groups excluding carboxylic acids is 1. The average Bonchev–Trinajstić information content (AvgIpc) is 2.97. The Hall–Kier alpha value is -2.28. The fraction of sp³-hybridized carbons (Fsp3) is 0.556. The second-order valence-electron chi connectivity index (χ2n) is 6.93. The maximum absolute atomic E-state index is 12.5. The van der Waals surface area contributed by atoms with Gasteiger partial charge >= 0.3 is 0 Å². The van der Waals surface area contributed by atoms with Crippen molar-refractivity contribution >= 4 is 5.91 Å². The van der Waals surface area contributed by atoms with Gasteiger partial charge < -0.3 is 14.5 Å². The first kappa shape index (κ1) is 17.5. The molecule has 1 amide bonds. The van der Waals surface area contributed by atoms with E-state index in [0.717, 1.165) is 17.5 Å². The maximum atomic E-state index is 12.5. The molecule has 0 aliphatic carbocycles. The van der Waals surface area contributed by atoms with Gasteiger partial charge in [-0.05, 0) is 44.2 Å². The standard InChI is InChI=1S/C18H24N4O3/c1-13-8-15(11-19-10-13)4-5-17(23)22-7-3-6-18(24,12-22)9-16-20-14(2)21-25-16/h8,10-11,24H,3-7,9,12H2,1-2H3. The van der Waals surface area contributed by atoms with E-state index >= 15 is 0 Å². The van der Waals surface area contributed by atoms with Crippen LogP contribution < -0.4 is 0 Å². The van der Waals surface area contributed by atoms with Gasteiger partial charge in [0.05, 0.1) is 12.0 Å². The van der Waals surface area contributed by atoms with E-state index in [1.54, 1.807) is 24.2 Å². The number of likely N-dealkylation sites (tertiary alicyclic amines) is 1. The zero-order valence-corrected chi connectivity index (χ0v) is 14.7. The first-order chi connectivity index (χ1) is 11.9. The molecule has 0 aromatic carbocycles. The van der Waals surface area contributed by atoms with Crippen LogP contribution >= 0.6 is 0 Å². The summed E-state index contributed by atoms with van der Waals surface area (Å²) in [4.78, 5) is 22.6. The van der Waals surface area contributed by atoms with Crippen LogP contribution in [0.4, 0.5) is 0 Å². The molecule has 0 spiro atoms. The van der Waals surface area contributed by atoms with Crippen LogP contribution in [-0.4, -0.2) is 49.7 Å². The van der Waals surface area contributed by atoms with E-state index in [1.807, 2.05) is 13.0 Å². The van der Waals surface area contributed by atoms with Gasteiger partial charge in [0, 0.05) is 31.9 Å². The summed E-state index contributed by atoms with van der Waals surface area (Å²) >= 11 is 0. The number of amides is 1. The molecule has 7 heteroatoms. The Balaban J connectivity index is 1.57. The monoisotopic (exact) mass is 344 g/mol. The van der Waals surface area contributed by atoms with E-state index in [-0.39, 0.29) is 12.3 Å². The van der Waals surface area contributed by atoms with Crippen molar-refractivity contribution in [2.24, 2.45) is 0 Å². The van der Waals surface area contributed by atoms with E-state index in [4.69, 9.17) is 4.52 Å². The Morgan fingerprint density at radius 1 is 1.40 bits per heavy atom. The third-order valence-electron chi connectivity index (χ3n) is 4.52. The number of aliphatic hydroxyl groups is 1. The number of pyridine rings is 1. The molecule has 0 bridgehead atoms. The highest BCUT2D eigenvalue weighted by molar-refractivity contribution is 5.76. The molecule has 1 N–H and O–H groups in total. The number of hydrogen-bond donors (Lipinski definition) is 1. The van der Waals surface area contributed by atoms with Gasteiger partial charge in [0.1, 0.15) is 0 Å². The minimum atomic E-state index is -1.00. The third-order valence-corrected chi connectivity index (χ3v) is 4.52. The number of hydrogen-bond acceptors (Lipinski definition) is 6. The Morgan fingerprint density at radius 2 is 2.24 bits per heavy atom. The highest BCUT2D eigenvalue weighted by atomic mass is 16.5. The van der Waals surface area contributed by atoms with Crippen molar-refractivity contribution in [1.82, 2.24) is 20.0 Å². The van der Waals surface area contributed by atoms with Crippen LogP contribution in [0.1, 0.15) is 42.1 Å². The highest BCUT2D eigenvalue weighted by Crippen LogP contribution is 2.25. The quantitative estimate of drug-likeness (QED) is 0.886. The number of aromatic nitrogens is 3. The fourth-order valence-electron chi connectivity index (χ4n) is 3.33. The molecule has 1 fully saturated rings. The van der Waals surface area contributed by atoms with Crippen LogP contribution in [-0.2, 0) is 17.6 Å². The molecule has 2 aromatic rings. The summed E-state index contributed by atoms with van der Waals surface area (Å²) in [6.45, 7) is 4.71. The van der Waals surface area contributed by atoms with Gasteiger partial charge in [0.2, 0.25) is 11.8 Å². The molecule has 1 atom stereocenters. The van der Waals surface area contributed by atoms with Crippen LogP contribution in [0.2, 0.25) is 0 Å². The summed E-state index contributed by atoms with van der Waals surface area (Å²) in [6, 6.07) is 2.05. The summed E-state index contributed by atoms with van der Waals surface area (Å²) in [6.07, 6.45) is 6.34.